The minimum Gasteiger partial charge on any atom is -0.396 e. The maximum absolute atomic E-state index is 9.02. The van der Waals surface area contributed by atoms with E-state index in [1.54, 1.807) is 6.07 Å². The third kappa shape index (κ3) is 5.33. The van der Waals surface area contributed by atoms with Crippen LogP contribution in [0.5, 0.6) is 0 Å². The quantitative estimate of drug-likeness (QED) is 0.816. The Morgan fingerprint density at radius 2 is 1.84 bits per heavy atom. The first kappa shape index (κ1) is 16.2. The third-order valence-corrected chi connectivity index (χ3v) is 3.10. The van der Waals surface area contributed by atoms with Crippen molar-refractivity contribution in [2.24, 2.45) is 5.41 Å². The first-order valence-electron chi connectivity index (χ1n) is 6.54. The minimum absolute atomic E-state index is 0.00801. The molecule has 2 N–H and O–H groups in total. The fraction of sp³-hybridized carbons (Fsp3) is 0.714. The van der Waals surface area contributed by atoms with Crippen LogP contribution in [0.15, 0.2) is 6.07 Å². The van der Waals surface area contributed by atoms with Crippen LogP contribution in [0.2, 0.25) is 5.15 Å². The molecule has 1 rings (SSSR count). The molecule has 0 saturated heterocycles. The van der Waals surface area contributed by atoms with Crippen molar-refractivity contribution in [2.45, 2.75) is 46.5 Å². The maximum atomic E-state index is 9.02. The van der Waals surface area contributed by atoms with Gasteiger partial charge < -0.3 is 10.4 Å². The summed E-state index contributed by atoms with van der Waals surface area (Å²) in [6.45, 7) is 11.3. The van der Waals surface area contributed by atoms with Gasteiger partial charge in [-0.15, -0.1) is 0 Å². The van der Waals surface area contributed by atoms with E-state index in [2.05, 4.69) is 49.9 Å². The zero-order valence-corrected chi connectivity index (χ0v) is 13.2. The average molecular weight is 286 g/mol. The predicted molar refractivity (Wildman–Crippen MR) is 79.7 cm³/mol. The number of nitrogens with one attached hydrogen (secondary N) is 1. The van der Waals surface area contributed by atoms with Gasteiger partial charge in [0.1, 0.15) is 16.8 Å². The van der Waals surface area contributed by atoms with Gasteiger partial charge in [0.25, 0.3) is 0 Å². The summed E-state index contributed by atoms with van der Waals surface area (Å²) in [4.78, 5) is 8.76. The molecule has 0 aliphatic rings. The summed E-state index contributed by atoms with van der Waals surface area (Å²) in [7, 11) is 0. The summed E-state index contributed by atoms with van der Waals surface area (Å²) in [5.41, 5.74) is -0.129. The molecule has 1 aromatic heterocycles. The van der Waals surface area contributed by atoms with Crippen LogP contribution in [-0.4, -0.2) is 28.2 Å². The predicted octanol–water partition coefficient (Wildman–Crippen LogP) is 3.25. The number of halogens is 1. The Kier molecular flexibility index (Phi) is 5.16. The number of aliphatic hydroxyl groups is 1. The monoisotopic (exact) mass is 285 g/mol. The van der Waals surface area contributed by atoms with Crippen LogP contribution in [0.3, 0.4) is 0 Å². The average Bonchev–Trinajstić information content (AvgIpc) is 2.24. The normalized spacial score (nSPS) is 12.6. The first-order chi connectivity index (χ1) is 8.64. The molecule has 0 bridgehead atoms. The van der Waals surface area contributed by atoms with Gasteiger partial charge in [0, 0.05) is 24.6 Å². The Morgan fingerprint density at radius 1 is 1.21 bits per heavy atom. The molecule has 19 heavy (non-hydrogen) atoms. The largest absolute Gasteiger partial charge is 0.396 e. The van der Waals surface area contributed by atoms with E-state index in [1.807, 2.05) is 0 Å². The Hall–Kier alpha value is -0.870. The molecule has 0 aromatic carbocycles. The summed E-state index contributed by atoms with van der Waals surface area (Å²) in [6, 6.07) is 1.73. The standard InChI is InChI=1S/C14H24ClN3O/c1-13(2,3)12-17-10(15)8-11(18-12)16-9-14(4,5)6-7-19/h8,19H,6-7,9H2,1-5H3,(H,16,17,18). The van der Waals surface area contributed by atoms with Crippen molar-refractivity contribution in [3.63, 3.8) is 0 Å². The van der Waals surface area contributed by atoms with E-state index in [4.69, 9.17) is 16.7 Å². The van der Waals surface area contributed by atoms with E-state index in [0.717, 1.165) is 24.6 Å². The van der Waals surface area contributed by atoms with E-state index >= 15 is 0 Å². The number of rotatable bonds is 5. The molecule has 0 saturated carbocycles. The number of aromatic nitrogens is 2. The summed E-state index contributed by atoms with van der Waals surface area (Å²) < 4.78 is 0. The Labute approximate surface area is 120 Å². The summed E-state index contributed by atoms with van der Waals surface area (Å²) in [5.74, 6) is 1.46. The van der Waals surface area contributed by atoms with E-state index in [0.29, 0.717) is 5.15 Å². The number of aliphatic hydroxyl groups excluding tert-OH is 1. The van der Waals surface area contributed by atoms with Crippen LogP contribution in [0, 0.1) is 5.41 Å². The first-order valence-corrected chi connectivity index (χ1v) is 6.92. The maximum Gasteiger partial charge on any atom is 0.137 e. The van der Waals surface area contributed by atoms with Gasteiger partial charge in [-0.05, 0) is 11.8 Å². The van der Waals surface area contributed by atoms with Crippen LogP contribution in [-0.2, 0) is 5.41 Å². The molecule has 0 atom stereocenters. The minimum atomic E-state index is -0.137. The van der Waals surface area contributed by atoms with Crippen molar-refractivity contribution in [1.82, 2.24) is 9.97 Å². The van der Waals surface area contributed by atoms with Gasteiger partial charge in [-0.2, -0.15) is 0 Å². The zero-order valence-electron chi connectivity index (χ0n) is 12.4. The van der Waals surface area contributed by atoms with Crippen molar-refractivity contribution in [3.8, 4) is 0 Å². The molecule has 0 spiro atoms. The SMILES string of the molecule is CC(C)(CCO)CNc1cc(Cl)nc(C(C)(C)C)n1. The fourth-order valence-electron chi connectivity index (χ4n) is 1.56. The highest BCUT2D eigenvalue weighted by Crippen LogP contribution is 2.24. The highest BCUT2D eigenvalue weighted by atomic mass is 35.5. The Morgan fingerprint density at radius 3 is 2.37 bits per heavy atom. The fourth-order valence-corrected chi connectivity index (χ4v) is 1.75. The number of nitrogens with zero attached hydrogens (tertiary/aromatic N) is 2. The highest BCUT2D eigenvalue weighted by Gasteiger charge is 2.20. The van der Waals surface area contributed by atoms with Crippen molar-refractivity contribution >= 4 is 17.4 Å². The second kappa shape index (κ2) is 6.06. The van der Waals surface area contributed by atoms with Crippen LogP contribution in [0.1, 0.15) is 46.9 Å². The second-order valence-corrected chi connectivity index (χ2v) is 7.03. The molecule has 0 fully saturated rings. The number of anilines is 1. The Bertz CT molecular complexity index is 427. The van der Waals surface area contributed by atoms with E-state index in [9.17, 15) is 0 Å². The topological polar surface area (TPSA) is 58.0 Å². The van der Waals surface area contributed by atoms with Gasteiger partial charge in [0.15, 0.2) is 0 Å². The van der Waals surface area contributed by atoms with E-state index in [1.165, 1.54) is 0 Å². The number of hydrogen-bond donors (Lipinski definition) is 2. The van der Waals surface area contributed by atoms with Gasteiger partial charge in [-0.1, -0.05) is 46.2 Å². The Balaban J connectivity index is 2.82. The van der Waals surface area contributed by atoms with E-state index in [-0.39, 0.29) is 17.4 Å². The second-order valence-electron chi connectivity index (χ2n) is 6.64. The molecule has 0 radical (unpaired) electrons. The molecular formula is C14H24ClN3O. The molecule has 0 amide bonds. The van der Waals surface area contributed by atoms with Crippen molar-refractivity contribution in [3.05, 3.63) is 17.0 Å². The lowest BCUT2D eigenvalue weighted by Gasteiger charge is -2.25. The zero-order chi connectivity index (χ0) is 14.7. The van der Waals surface area contributed by atoms with Gasteiger partial charge in [-0.3, -0.25) is 0 Å². The molecule has 4 nitrogen and oxygen atoms in total. The lowest BCUT2D eigenvalue weighted by atomic mass is 9.90. The lowest BCUT2D eigenvalue weighted by molar-refractivity contribution is 0.220. The van der Waals surface area contributed by atoms with E-state index < -0.39 is 0 Å². The van der Waals surface area contributed by atoms with Gasteiger partial charge in [0.2, 0.25) is 0 Å². The number of hydrogen-bond acceptors (Lipinski definition) is 4. The van der Waals surface area contributed by atoms with Crippen LogP contribution >= 0.6 is 11.6 Å². The lowest BCUT2D eigenvalue weighted by Crippen LogP contribution is -2.25. The summed E-state index contributed by atoms with van der Waals surface area (Å²) >= 11 is 6.04. The third-order valence-electron chi connectivity index (χ3n) is 2.90. The molecular weight excluding hydrogens is 262 g/mol. The van der Waals surface area contributed by atoms with Crippen LogP contribution in [0.4, 0.5) is 5.82 Å². The van der Waals surface area contributed by atoms with Crippen molar-refractivity contribution < 1.29 is 5.11 Å². The molecule has 1 aromatic rings. The van der Waals surface area contributed by atoms with Crippen LogP contribution in [0.25, 0.3) is 0 Å². The van der Waals surface area contributed by atoms with Crippen LogP contribution < -0.4 is 5.32 Å². The summed E-state index contributed by atoms with van der Waals surface area (Å²) in [5, 5.41) is 12.7. The molecule has 0 unspecified atom stereocenters. The summed E-state index contributed by atoms with van der Waals surface area (Å²) in [6.07, 6.45) is 0.741. The van der Waals surface area contributed by atoms with Crippen molar-refractivity contribution in [2.75, 3.05) is 18.5 Å². The molecule has 5 heteroatoms. The smallest absolute Gasteiger partial charge is 0.137 e. The van der Waals surface area contributed by atoms with Gasteiger partial charge in [0.05, 0.1) is 0 Å². The van der Waals surface area contributed by atoms with Gasteiger partial charge in [-0.25, -0.2) is 9.97 Å². The molecule has 108 valence electrons. The van der Waals surface area contributed by atoms with Crippen molar-refractivity contribution in [1.29, 1.82) is 0 Å². The highest BCUT2D eigenvalue weighted by molar-refractivity contribution is 6.29. The molecule has 0 aliphatic heterocycles. The molecule has 1 heterocycles. The van der Waals surface area contributed by atoms with Gasteiger partial charge >= 0.3 is 0 Å². The molecule has 0 aliphatic carbocycles.